The first-order valence-corrected chi connectivity index (χ1v) is 5.94. The summed E-state index contributed by atoms with van der Waals surface area (Å²) in [6, 6.07) is 0. The van der Waals surface area contributed by atoms with Crippen LogP contribution in [0.5, 0.6) is 0 Å². The molecule has 6 heteroatoms. The Morgan fingerprint density at radius 2 is 1.89 bits per heavy atom. The minimum absolute atomic E-state index is 0.159. The van der Waals surface area contributed by atoms with Crippen LogP contribution < -0.4 is 0 Å². The van der Waals surface area contributed by atoms with Crippen molar-refractivity contribution in [3.05, 3.63) is 0 Å². The van der Waals surface area contributed by atoms with Crippen LogP contribution in [0.4, 0.5) is 4.79 Å². The monoisotopic (exact) mass is 259 g/mol. The highest BCUT2D eigenvalue weighted by Gasteiger charge is 2.35. The van der Waals surface area contributed by atoms with Crippen LogP contribution in [-0.4, -0.2) is 55.0 Å². The van der Waals surface area contributed by atoms with Gasteiger partial charge in [0.25, 0.3) is 0 Å². The van der Waals surface area contributed by atoms with Crippen LogP contribution in [-0.2, 0) is 19.0 Å². The molecule has 0 radical (unpaired) electrons. The van der Waals surface area contributed by atoms with Gasteiger partial charge in [-0.05, 0) is 27.7 Å². The van der Waals surface area contributed by atoms with Gasteiger partial charge < -0.3 is 19.1 Å². The van der Waals surface area contributed by atoms with Gasteiger partial charge in [-0.25, -0.2) is 9.59 Å². The fourth-order valence-corrected chi connectivity index (χ4v) is 1.69. The molecule has 0 saturated carbocycles. The van der Waals surface area contributed by atoms with Crippen LogP contribution in [0.2, 0.25) is 0 Å². The quantitative estimate of drug-likeness (QED) is 0.662. The van der Waals surface area contributed by atoms with E-state index >= 15 is 0 Å². The molecule has 1 aliphatic rings. The van der Waals surface area contributed by atoms with E-state index in [1.807, 2.05) is 0 Å². The van der Waals surface area contributed by atoms with E-state index in [0.717, 1.165) is 0 Å². The first-order valence-electron chi connectivity index (χ1n) is 5.94. The fraction of sp³-hybridized carbons (Fsp3) is 0.833. The van der Waals surface area contributed by atoms with Crippen LogP contribution in [0.3, 0.4) is 0 Å². The highest BCUT2D eigenvalue weighted by atomic mass is 16.6. The number of methoxy groups -OCH3 is 1. The highest BCUT2D eigenvalue weighted by Crippen LogP contribution is 2.16. The second-order valence-electron chi connectivity index (χ2n) is 5.34. The summed E-state index contributed by atoms with van der Waals surface area (Å²) in [6.07, 6.45) is -1.41. The lowest BCUT2D eigenvalue weighted by Crippen LogP contribution is -2.53. The highest BCUT2D eigenvalue weighted by molar-refractivity contribution is 5.76. The number of morpholine rings is 1. The summed E-state index contributed by atoms with van der Waals surface area (Å²) in [6.45, 7) is 7.76. The Morgan fingerprint density at radius 3 is 2.39 bits per heavy atom. The number of carbonyl (C=O) groups is 2. The first-order chi connectivity index (χ1) is 8.23. The molecule has 0 aliphatic carbocycles. The fourth-order valence-electron chi connectivity index (χ4n) is 1.69. The second-order valence-corrected chi connectivity index (χ2v) is 5.34. The molecule has 1 saturated heterocycles. The minimum Gasteiger partial charge on any atom is -0.467 e. The average Bonchev–Trinajstić information content (AvgIpc) is 2.24. The number of carbonyl (C=O) groups excluding carboxylic acids is 2. The Hall–Kier alpha value is -1.30. The predicted octanol–water partition coefficient (Wildman–Crippen LogP) is 1.18. The van der Waals surface area contributed by atoms with E-state index in [1.165, 1.54) is 12.0 Å². The lowest BCUT2D eigenvalue weighted by atomic mass is 10.2. The molecule has 2 atom stereocenters. The third kappa shape index (κ3) is 4.18. The zero-order valence-corrected chi connectivity index (χ0v) is 11.6. The maximum Gasteiger partial charge on any atom is 0.410 e. The molecule has 1 aliphatic heterocycles. The van der Waals surface area contributed by atoms with Gasteiger partial charge >= 0.3 is 12.1 Å². The standard InChI is InChI=1S/C12H21NO5/c1-8-6-13(11(15)18-12(2,3)4)7-9(17-8)10(14)16-5/h8-9H,6-7H2,1-5H3/t8-,9?/m1/s1. The van der Waals surface area contributed by atoms with Crippen molar-refractivity contribution in [3.63, 3.8) is 0 Å². The molecule has 6 nitrogen and oxygen atoms in total. The van der Waals surface area contributed by atoms with Crippen LogP contribution in [0, 0.1) is 0 Å². The van der Waals surface area contributed by atoms with Gasteiger partial charge in [0, 0.05) is 0 Å². The Morgan fingerprint density at radius 1 is 1.28 bits per heavy atom. The molecule has 0 aromatic rings. The lowest BCUT2D eigenvalue weighted by molar-refractivity contribution is -0.165. The predicted molar refractivity (Wildman–Crippen MR) is 64.2 cm³/mol. The molecule has 1 fully saturated rings. The van der Waals surface area contributed by atoms with Gasteiger partial charge in [0.15, 0.2) is 6.10 Å². The van der Waals surface area contributed by atoms with E-state index < -0.39 is 23.8 Å². The van der Waals surface area contributed by atoms with Crippen LogP contribution in [0.25, 0.3) is 0 Å². The van der Waals surface area contributed by atoms with Crippen molar-refractivity contribution in [2.24, 2.45) is 0 Å². The van der Waals surface area contributed by atoms with Gasteiger partial charge in [-0.15, -0.1) is 0 Å². The van der Waals surface area contributed by atoms with Gasteiger partial charge in [-0.1, -0.05) is 0 Å². The number of amides is 1. The van der Waals surface area contributed by atoms with Gasteiger partial charge in [-0.2, -0.15) is 0 Å². The van der Waals surface area contributed by atoms with Crippen molar-refractivity contribution < 1.29 is 23.8 Å². The molecule has 1 heterocycles. The summed E-state index contributed by atoms with van der Waals surface area (Å²) in [5.41, 5.74) is -0.556. The van der Waals surface area contributed by atoms with E-state index in [-0.39, 0.29) is 12.6 Å². The molecule has 1 unspecified atom stereocenters. The van der Waals surface area contributed by atoms with Gasteiger partial charge in [0.05, 0.1) is 26.3 Å². The van der Waals surface area contributed by atoms with Crippen molar-refractivity contribution in [1.82, 2.24) is 4.90 Å². The lowest BCUT2D eigenvalue weighted by Gasteiger charge is -2.36. The molecular formula is C12H21NO5. The molecule has 0 N–H and O–H groups in total. The summed E-state index contributed by atoms with van der Waals surface area (Å²) in [7, 11) is 1.29. The van der Waals surface area contributed by atoms with Crippen LogP contribution in [0.1, 0.15) is 27.7 Å². The number of hydrogen-bond acceptors (Lipinski definition) is 5. The Labute approximate surface area is 107 Å². The van der Waals surface area contributed by atoms with Gasteiger partial charge in [0.2, 0.25) is 0 Å². The Bertz CT molecular complexity index is 323. The number of rotatable bonds is 1. The van der Waals surface area contributed by atoms with Crippen molar-refractivity contribution in [2.75, 3.05) is 20.2 Å². The average molecular weight is 259 g/mol. The smallest absolute Gasteiger partial charge is 0.410 e. The van der Waals surface area contributed by atoms with E-state index in [0.29, 0.717) is 6.54 Å². The summed E-state index contributed by atoms with van der Waals surface area (Å²) in [4.78, 5) is 24.8. The number of ether oxygens (including phenoxy) is 3. The molecule has 104 valence electrons. The summed E-state index contributed by atoms with van der Waals surface area (Å²) in [5.74, 6) is -0.477. The van der Waals surface area contributed by atoms with E-state index in [2.05, 4.69) is 4.74 Å². The largest absolute Gasteiger partial charge is 0.467 e. The second kappa shape index (κ2) is 5.56. The molecule has 1 rings (SSSR count). The number of nitrogens with zero attached hydrogens (tertiary/aromatic N) is 1. The van der Waals surface area contributed by atoms with Crippen molar-refractivity contribution in [2.45, 2.75) is 45.5 Å². The van der Waals surface area contributed by atoms with Crippen molar-refractivity contribution >= 4 is 12.1 Å². The summed E-state index contributed by atoms with van der Waals surface area (Å²) < 4.78 is 15.3. The molecule has 0 aromatic carbocycles. The SMILES string of the molecule is COC(=O)C1CN(C(=O)OC(C)(C)C)C[C@@H](C)O1. The maximum atomic E-state index is 11.9. The van der Waals surface area contributed by atoms with Crippen LogP contribution >= 0.6 is 0 Å². The van der Waals surface area contributed by atoms with E-state index in [4.69, 9.17) is 9.47 Å². The van der Waals surface area contributed by atoms with E-state index in [9.17, 15) is 9.59 Å². The Balaban J connectivity index is 2.66. The third-order valence-corrected chi connectivity index (χ3v) is 2.38. The molecule has 18 heavy (non-hydrogen) atoms. The van der Waals surface area contributed by atoms with Crippen molar-refractivity contribution in [3.8, 4) is 0 Å². The van der Waals surface area contributed by atoms with Gasteiger partial charge in [0.1, 0.15) is 5.60 Å². The molecular weight excluding hydrogens is 238 g/mol. The summed E-state index contributed by atoms with van der Waals surface area (Å²) in [5, 5.41) is 0. The molecule has 0 spiro atoms. The first kappa shape index (κ1) is 14.8. The molecule has 0 bridgehead atoms. The summed E-state index contributed by atoms with van der Waals surface area (Å²) >= 11 is 0. The molecule has 0 aromatic heterocycles. The van der Waals surface area contributed by atoms with Crippen LogP contribution in [0.15, 0.2) is 0 Å². The van der Waals surface area contributed by atoms with Crippen molar-refractivity contribution in [1.29, 1.82) is 0 Å². The van der Waals surface area contributed by atoms with E-state index in [1.54, 1.807) is 27.7 Å². The third-order valence-electron chi connectivity index (χ3n) is 2.38. The maximum absolute atomic E-state index is 11.9. The minimum atomic E-state index is -0.744. The zero-order valence-electron chi connectivity index (χ0n) is 11.6. The van der Waals surface area contributed by atoms with Gasteiger partial charge in [-0.3, -0.25) is 0 Å². The zero-order chi connectivity index (χ0) is 13.9. The Kier molecular flexibility index (Phi) is 4.56. The molecule has 1 amide bonds. The number of hydrogen-bond donors (Lipinski definition) is 0. The number of esters is 1. The normalized spacial score (nSPS) is 24.6. The topological polar surface area (TPSA) is 65.1 Å².